The lowest BCUT2D eigenvalue weighted by atomic mass is 9.71. The zero-order valence-electron chi connectivity index (χ0n) is 28.1. The number of aryl methyl sites for hydroxylation is 1. The Morgan fingerprint density at radius 1 is 1.04 bits per heavy atom. The summed E-state index contributed by atoms with van der Waals surface area (Å²) in [5.74, 6) is 1.42. The molecule has 0 radical (unpaired) electrons. The highest BCUT2D eigenvalue weighted by Gasteiger charge is 2.32. The van der Waals surface area contributed by atoms with Crippen LogP contribution in [-0.2, 0) is 28.8 Å². The second-order valence-corrected chi connectivity index (χ2v) is 15.3. The van der Waals surface area contributed by atoms with Gasteiger partial charge in [0.25, 0.3) is 0 Å². The largest absolute Gasteiger partial charge is 0.381 e. The first-order valence-electron chi connectivity index (χ1n) is 17.2. The number of methoxy groups -OCH3 is 1. The van der Waals surface area contributed by atoms with Crippen LogP contribution in [0, 0.1) is 17.3 Å². The zero-order valence-corrected chi connectivity index (χ0v) is 28.1. The predicted octanol–water partition coefficient (Wildman–Crippen LogP) is 6.24. The zero-order chi connectivity index (χ0) is 31.7. The molecule has 242 valence electrons. The Morgan fingerprint density at radius 3 is 2.53 bits per heavy atom. The molecule has 4 heterocycles. The van der Waals surface area contributed by atoms with Crippen molar-refractivity contribution < 1.29 is 14.3 Å². The smallest absolute Gasteiger partial charge is 0.178 e. The molecule has 2 aromatic rings. The van der Waals surface area contributed by atoms with Crippen LogP contribution in [0.1, 0.15) is 98.1 Å². The van der Waals surface area contributed by atoms with Crippen LogP contribution in [0.5, 0.6) is 0 Å². The quantitative estimate of drug-likeness (QED) is 0.280. The first-order chi connectivity index (χ1) is 21.6. The monoisotopic (exact) mass is 612 g/mol. The second-order valence-electron chi connectivity index (χ2n) is 15.3. The number of likely N-dealkylation sites (tertiary alicyclic amines) is 2. The van der Waals surface area contributed by atoms with Gasteiger partial charge in [-0.05, 0) is 98.5 Å². The minimum absolute atomic E-state index is 0.0281. The minimum atomic E-state index is 0.0281. The number of piperidine rings is 1. The van der Waals surface area contributed by atoms with Crippen molar-refractivity contribution >= 4 is 23.0 Å². The Labute approximate surface area is 269 Å². The van der Waals surface area contributed by atoms with Crippen LogP contribution in [-0.4, -0.2) is 85.0 Å². The van der Waals surface area contributed by atoms with Crippen LogP contribution in [0.25, 0.3) is 0 Å². The van der Waals surface area contributed by atoms with E-state index in [4.69, 9.17) is 14.7 Å². The molecule has 0 amide bonds. The van der Waals surface area contributed by atoms with Crippen LogP contribution in [0.3, 0.4) is 0 Å². The van der Waals surface area contributed by atoms with Gasteiger partial charge in [-0.1, -0.05) is 39.0 Å². The van der Waals surface area contributed by atoms with Gasteiger partial charge in [0.2, 0.25) is 0 Å². The number of ether oxygens (including phenoxy) is 1. The van der Waals surface area contributed by atoms with Crippen molar-refractivity contribution in [2.24, 2.45) is 22.2 Å². The lowest BCUT2D eigenvalue weighted by molar-refractivity contribution is -0.113. The van der Waals surface area contributed by atoms with Gasteiger partial charge in [-0.15, -0.1) is 0 Å². The van der Waals surface area contributed by atoms with Crippen molar-refractivity contribution in [1.82, 2.24) is 14.8 Å². The van der Waals surface area contributed by atoms with Crippen molar-refractivity contribution in [1.29, 1.82) is 0 Å². The first kappa shape index (κ1) is 32.2. The highest BCUT2D eigenvalue weighted by Crippen LogP contribution is 2.39. The maximum absolute atomic E-state index is 13.9. The van der Waals surface area contributed by atoms with Gasteiger partial charge in [-0.3, -0.25) is 14.6 Å². The fourth-order valence-electron chi connectivity index (χ4n) is 7.90. The summed E-state index contributed by atoms with van der Waals surface area (Å²) < 4.78 is 5.58. The van der Waals surface area contributed by atoms with Gasteiger partial charge in [0.1, 0.15) is 0 Å². The molecule has 45 heavy (non-hydrogen) atoms. The van der Waals surface area contributed by atoms with Crippen molar-refractivity contribution in [3.63, 3.8) is 0 Å². The van der Waals surface area contributed by atoms with Gasteiger partial charge in [-0.25, -0.2) is 4.99 Å². The number of pyridine rings is 1. The van der Waals surface area contributed by atoms with Crippen molar-refractivity contribution in [2.75, 3.05) is 46.9 Å². The number of nitrogens with zero attached hydrogens (tertiary/aromatic N) is 4. The van der Waals surface area contributed by atoms with Crippen LogP contribution >= 0.6 is 0 Å². The number of carbonyl (C=O) groups excluding carboxylic acids is 2. The van der Waals surface area contributed by atoms with E-state index in [1.54, 1.807) is 7.11 Å². The standard InChI is InChI=1S/C38H52N4O3/c1-38(2,3)30-9-10-32-29(19-30)20-33-34(39-32)22-35(40-33)37(44)21-27(11-14-42-15-12-31(45-5)13-16-42)26-7-6-8-28(18-26)36(43)17-25-23-41(4)24-25/h6-8,18,20,25,27,30-31H,9-17,19,21-24H2,1-5H3/t27-,30-/m0/s1. The molecule has 3 aliphatic heterocycles. The molecule has 2 atom stereocenters. The van der Waals surface area contributed by atoms with Crippen LogP contribution in [0.2, 0.25) is 0 Å². The Hall–Kier alpha value is -2.74. The van der Waals surface area contributed by atoms with Crippen molar-refractivity contribution in [2.45, 2.75) is 90.6 Å². The van der Waals surface area contributed by atoms with Crippen molar-refractivity contribution in [3.05, 3.63) is 58.4 Å². The molecular weight excluding hydrogens is 560 g/mol. The van der Waals surface area contributed by atoms with Gasteiger partial charge < -0.3 is 14.5 Å². The molecule has 1 aliphatic carbocycles. The molecule has 0 saturated carbocycles. The van der Waals surface area contributed by atoms with E-state index in [2.05, 4.69) is 55.8 Å². The third kappa shape index (κ3) is 7.64. The number of Topliss-reactive ketones (excluding diaryl/α,β-unsaturated/α-hetero) is 2. The molecule has 2 fully saturated rings. The lowest BCUT2D eigenvalue weighted by Gasteiger charge is -2.35. The van der Waals surface area contributed by atoms with E-state index >= 15 is 0 Å². The normalized spacial score (nSPS) is 22.0. The molecule has 0 unspecified atom stereocenters. The lowest BCUT2D eigenvalue weighted by Crippen LogP contribution is -2.44. The van der Waals surface area contributed by atoms with E-state index in [1.807, 2.05) is 12.1 Å². The summed E-state index contributed by atoms with van der Waals surface area (Å²) in [6.07, 6.45) is 8.03. The van der Waals surface area contributed by atoms with Gasteiger partial charge in [0.05, 0.1) is 23.2 Å². The van der Waals surface area contributed by atoms with E-state index in [1.165, 1.54) is 17.7 Å². The summed E-state index contributed by atoms with van der Waals surface area (Å²) in [6, 6.07) is 10.3. The SMILES string of the molecule is COC1CCN(CC[C@@H](CC(=O)C2=Nc3cc4c(nc3C2)CC[C@H](C(C)(C)C)C4)c2cccc(C(=O)CC3CN(C)C3)c2)CC1. The fourth-order valence-corrected chi connectivity index (χ4v) is 7.90. The third-order valence-corrected chi connectivity index (χ3v) is 11.0. The number of hydrogen-bond acceptors (Lipinski definition) is 7. The van der Waals surface area contributed by atoms with Gasteiger partial charge >= 0.3 is 0 Å². The summed E-state index contributed by atoms with van der Waals surface area (Å²) in [5, 5.41) is 0. The molecule has 0 spiro atoms. The molecule has 7 heteroatoms. The van der Waals surface area contributed by atoms with Gasteiger partial charge in [0, 0.05) is 63.8 Å². The molecule has 6 rings (SSSR count). The van der Waals surface area contributed by atoms with Crippen LogP contribution in [0.4, 0.5) is 5.69 Å². The average molecular weight is 613 g/mol. The van der Waals surface area contributed by atoms with E-state index < -0.39 is 0 Å². The number of fused-ring (bicyclic) bond motifs is 2. The second kappa shape index (κ2) is 13.5. The van der Waals surface area contributed by atoms with E-state index in [-0.39, 0.29) is 22.9 Å². The number of rotatable bonds is 11. The summed E-state index contributed by atoms with van der Waals surface area (Å²) in [5.41, 5.74) is 7.12. The molecular formula is C38H52N4O3. The molecule has 1 aromatic heterocycles. The number of aromatic nitrogens is 1. The highest BCUT2D eigenvalue weighted by atomic mass is 16.5. The molecule has 0 N–H and O–H groups in total. The van der Waals surface area contributed by atoms with Crippen molar-refractivity contribution in [3.8, 4) is 0 Å². The average Bonchev–Trinajstić information content (AvgIpc) is 3.43. The van der Waals surface area contributed by atoms with E-state index in [0.717, 1.165) is 87.3 Å². The molecule has 1 aromatic carbocycles. The Kier molecular flexibility index (Phi) is 9.70. The van der Waals surface area contributed by atoms with Crippen LogP contribution in [0.15, 0.2) is 35.3 Å². The number of hydrogen-bond donors (Lipinski definition) is 0. The Morgan fingerprint density at radius 2 is 1.82 bits per heavy atom. The summed E-state index contributed by atoms with van der Waals surface area (Å²) in [6.45, 7) is 11.9. The highest BCUT2D eigenvalue weighted by molar-refractivity contribution is 6.41. The van der Waals surface area contributed by atoms with Crippen LogP contribution < -0.4 is 0 Å². The Bertz CT molecular complexity index is 1430. The summed E-state index contributed by atoms with van der Waals surface area (Å²) in [7, 11) is 3.90. The fraction of sp³-hybridized carbons (Fsp3) is 0.632. The first-order valence-corrected chi connectivity index (χ1v) is 17.2. The molecule has 4 aliphatic rings. The Balaban J connectivity index is 1.17. The number of benzene rings is 1. The number of aliphatic imine (C=N–C) groups is 1. The number of ketones is 2. The molecule has 2 saturated heterocycles. The summed E-state index contributed by atoms with van der Waals surface area (Å²) in [4.78, 5) is 41.8. The van der Waals surface area contributed by atoms with Gasteiger partial charge in [-0.2, -0.15) is 0 Å². The maximum Gasteiger partial charge on any atom is 0.178 e. The molecule has 0 bridgehead atoms. The van der Waals surface area contributed by atoms with E-state index in [0.29, 0.717) is 42.9 Å². The summed E-state index contributed by atoms with van der Waals surface area (Å²) >= 11 is 0. The van der Waals surface area contributed by atoms with Gasteiger partial charge in [0.15, 0.2) is 11.6 Å². The maximum atomic E-state index is 13.9. The predicted molar refractivity (Wildman–Crippen MR) is 180 cm³/mol. The number of carbonyl (C=O) groups is 2. The topological polar surface area (TPSA) is 75.1 Å². The minimum Gasteiger partial charge on any atom is -0.381 e. The third-order valence-electron chi connectivity index (χ3n) is 11.0. The molecule has 7 nitrogen and oxygen atoms in total. The van der Waals surface area contributed by atoms with E-state index in [9.17, 15) is 9.59 Å².